The van der Waals surface area contributed by atoms with Crippen LogP contribution in [0, 0.1) is 0 Å². The molecule has 0 aliphatic heterocycles. The molecule has 2 heterocycles. The molecule has 0 amide bonds. The Balaban J connectivity index is 2.14. The van der Waals surface area contributed by atoms with Crippen molar-refractivity contribution >= 4 is 11.2 Å². The fraction of sp³-hybridized carbons (Fsp3) is 0.0833. The molecule has 17 heavy (non-hydrogen) atoms. The zero-order valence-corrected chi connectivity index (χ0v) is 9.00. The lowest BCUT2D eigenvalue weighted by Gasteiger charge is -2.05. The van der Waals surface area contributed by atoms with E-state index < -0.39 is 0 Å². The Morgan fingerprint density at radius 2 is 1.88 bits per heavy atom. The van der Waals surface area contributed by atoms with Crippen LogP contribution in [0.3, 0.4) is 0 Å². The van der Waals surface area contributed by atoms with Gasteiger partial charge < -0.3 is 0 Å². The van der Waals surface area contributed by atoms with Crippen molar-refractivity contribution in [1.82, 2.24) is 20.0 Å². The van der Waals surface area contributed by atoms with Gasteiger partial charge in [0.05, 0.1) is 6.54 Å². The van der Waals surface area contributed by atoms with E-state index in [2.05, 4.69) is 15.4 Å². The Morgan fingerprint density at radius 3 is 2.71 bits per heavy atom. The lowest BCUT2D eigenvalue weighted by Crippen LogP contribution is -2.20. The monoisotopic (exact) mass is 226 g/mol. The van der Waals surface area contributed by atoms with E-state index >= 15 is 0 Å². The van der Waals surface area contributed by atoms with E-state index in [9.17, 15) is 4.79 Å². The SMILES string of the molecule is O=c1ccc2n[nH]nc2n1Cc1ccccc1. The largest absolute Gasteiger partial charge is 0.285 e. The lowest BCUT2D eigenvalue weighted by molar-refractivity contribution is 0.778. The Kier molecular flexibility index (Phi) is 2.22. The summed E-state index contributed by atoms with van der Waals surface area (Å²) in [4.78, 5) is 11.8. The van der Waals surface area contributed by atoms with Crippen LogP contribution in [-0.4, -0.2) is 20.0 Å². The molecule has 1 aromatic carbocycles. The Bertz CT molecular complexity index is 699. The normalized spacial score (nSPS) is 10.8. The van der Waals surface area contributed by atoms with Crippen LogP contribution in [0.2, 0.25) is 0 Å². The molecule has 3 aromatic rings. The number of pyridine rings is 1. The van der Waals surface area contributed by atoms with Crippen LogP contribution in [0.4, 0.5) is 0 Å². The van der Waals surface area contributed by atoms with Gasteiger partial charge in [-0.25, -0.2) is 0 Å². The summed E-state index contributed by atoms with van der Waals surface area (Å²) in [6.07, 6.45) is 0. The summed E-state index contributed by atoms with van der Waals surface area (Å²) in [6, 6.07) is 13.0. The van der Waals surface area contributed by atoms with Crippen molar-refractivity contribution < 1.29 is 0 Å². The molecular formula is C12H10N4O. The number of aromatic nitrogens is 4. The minimum Gasteiger partial charge on any atom is -0.285 e. The molecule has 0 saturated heterocycles. The number of H-pyrrole nitrogens is 1. The topological polar surface area (TPSA) is 63.6 Å². The Labute approximate surface area is 96.7 Å². The van der Waals surface area contributed by atoms with Gasteiger partial charge in [-0.1, -0.05) is 30.3 Å². The zero-order chi connectivity index (χ0) is 11.7. The van der Waals surface area contributed by atoms with Gasteiger partial charge in [0.25, 0.3) is 5.56 Å². The average molecular weight is 226 g/mol. The van der Waals surface area contributed by atoms with Gasteiger partial charge in [0.1, 0.15) is 5.52 Å². The van der Waals surface area contributed by atoms with Crippen LogP contribution in [0.15, 0.2) is 47.3 Å². The standard InChI is InChI=1S/C12H10N4O/c17-11-7-6-10-12(14-15-13-10)16(11)8-9-4-2-1-3-5-9/h1-7H,8H2,(H,13,14,15). The molecule has 3 rings (SSSR count). The van der Waals surface area contributed by atoms with Crippen molar-refractivity contribution in [2.75, 3.05) is 0 Å². The summed E-state index contributed by atoms with van der Waals surface area (Å²) in [5.74, 6) is 0. The third-order valence-electron chi connectivity index (χ3n) is 2.64. The summed E-state index contributed by atoms with van der Waals surface area (Å²) in [5.41, 5.74) is 2.27. The number of hydrogen-bond acceptors (Lipinski definition) is 3. The lowest BCUT2D eigenvalue weighted by atomic mass is 10.2. The summed E-state index contributed by atoms with van der Waals surface area (Å²) in [6.45, 7) is 0.504. The second kappa shape index (κ2) is 3.86. The minimum absolute atomic E-state index is 0.0738. The minimum atomic E-state index is -0.0738. The van der Waals surface area contributed by atoms with Crippen LogP contribution in [0.25, 0.3) is 11.2 Å². The van der Waals surface area contributed by atoms with Gasteiger partial charge in [-0.2, -0.15) is 10.3 Å². The van der Waals surface area contributed by atoms with Gasteiger partial charge in [-0.05, 0) is 11.6 Å². The molecule has 1 N–H and O–H groups in total. The Hall–Kier alpha value is -2.43. The molecule has 5 nitrogen and oxygen atoms in total. The number of nitrogens with one attached hydrogen (secondary N) is 1. The Morgan fingerprint density at radius 1 is 1.06 bits per heavy atom. The molecule has 2 aromatic heterocycles. The number of aromatic amines is 1. The summed E-state index contributed by atoms with van der Waals surface area (Å²) in [7, 11) is 0. The maximum absolute atomic E-state index is 11.8. The molecule has 84 valence electrons. The van der Waals surface area contributed by atoms with E-state index in [1.807, 2.05) is 30.3 Å². The van der Waals surface area contributed by atoms with Crippen molar-refractivity contribution in [3.8, 4) is 0 Å². The van der Waals surface area contributed by atoms with Crippen LogP contribution >= 0.6 is 0 Å². The third-order valence-corrected chi connectivity index (χ3v) is 2.64. The van der Waals surface area contributed by atoms with E-state index in [1.54, 1.807) is 10.6 Å². The molecule has 0 bridgehead atoms. The van der Waals surface area contributed by atoms with E-state index in [0.717, 1.165) is 5.56 Å². The first-order valence-electron chi connectivity index (χ1n) is 5.29. The number of fused-ring (bicyclic) bond motifs is 1. The molecule has 0 unspecified atom stereocenters. The van der Waals surface area contributed by atoms with Crippen LogP contribution in [0.1, 0.15) is 5.56 Å². The molecule has 0 atom stereocenters. The van der Waals surface area contributed by atoms with Gasteiger partial charge >= 0.3 is 0 Å². The van der Waals surface area contributed by atoms with Gasteiger partial charge in [-0.3, -0.25) is 9.36 Å². The first-order chi connectivity index (χ1) is 8.34. The van der Waals surface area contributed by atoms with E-state index in [1.165, 1.54) is 6.07 Å². The van der Waals surface area contributed by atoms with E-state index in [-0.39, 0.29) is 5.56 Å². The highest BCUT2D eigenvalue weighted by molar-refractivity contribution is 5.68. The fourth-order valence-corrected chi connectivity index (χ4v) is 1.81. The van der Waals surface area contributed by atoms with Gasteiger partial charge in [0.2, 0.25) is 0 Å². The van der Waals surface area contributed by atoms with Gasteiger partial charge in [0.15, 0.2) is 5.65 Å². The van der Waals surface area contributed by atoms with Gasteiger partial charge in [-0.15, -0.1) is 5.10 Å². The van der Waals surface area contributed by atoms with Crippen LogP contribution < -0.4 is 5.56 Å². The maximum Gasteiger partial charge on any atom is 0.252 e. The predicted molar refractivity (Wildman–Crippen MR) is 63.7 cm³/mol. The highest BCUT2D eigenvalue weighted by Crippen LogP contribution is 2.07. The highest BCUT2D eigenvalue weighted by Gasteiger charge is 2.06. The van der Waals surface area contributed by atoms with Gasteiger partial charge in [0, 0.05) is 6.07 Å². The summed E-state index contributed by atoms with van der Waals surface area (Å²) in [5, 5.41) is 10.5. The fourth-order valence-electron chi connectivity index (χ4n) is 1.81. The van der Waals surface area contributed by atoms with Crippen LogP contribution in [0.5, 0.6) is 0 Å². The second-order valence-corrected chi connectivity index (χ2v) is 3.78. The molecule has 0 saturated carbocycles. The summed E-state index contributed by atoms with van der Waals surface area (Å²) < 4.78 is 1.61. The maximum atomic E-state index is 11.8. The molecule has 5 heteroatoms. The van der Waals surface area contributed by atoms with Crippen molar-refractivity contribution in [2.24, 2.45) is 0 Å². The van der Waals surface area contributed by atoms with E-state index in [0.29, 0.717) is 17.7 Å². The highest BCUT2D eigenvalue weighted by atomic mass is 16.1. The molecule has 0 aliphatic rings. The predicted octanol–water partition coefficient (Wildman–Crippen LogP) is 1.17. The first kappa shape index (κ1) is 9.77. The number of benzene rings is 1. The smallest absolute Gasteiger partial charge is 0.252 e. The van der Waals surface area contributed by atoms with E-state index in [4.69, 9.17) is 0 Å². The van der Waals surface area contributed by atoms with Crippen molar-refractivity contribution in [2.45, 2.75) is 6.54 Å². The molecule has 0 fully saturated rings. The average Bonchev–Trinajstić information content (AvgIpc) is 2.83. The van der Waals surface area contributed by atoms with Crippen molar-refractivity contribution in [1.29, 1.82) is 0 Å². The molecule has 0 spiro atoms. The van der Waals surface area contributed by atoms with Crippen molar-refractivity contribution in [3.05, 3.63) is 58.4 Å². The molecule has 0 radical (unpaired) electrons. The number of hydrogen-bond donors (Lipinski definition) is 1. The molecule has 0 aliphatic carbocycles. The summed E-state index contributed by atoms with van der Waals surface area (Å²) >= 11 is 0. The number of rotatable bonds is 2. The zero-order valence-electron chi connectivity index (χ0n) is 9.00. The van der Waals surface area contributed by atoms with Crippen LogP contribution in [-0.2, 0) is 6.54 Å². The van der Waals surface area contributed by atoms with Crippen molar-refractivity contribution in [3.63, 3.8) is 0 Å². The first-order valence-corrected chi connectivity index (χ1v) is 5.29. The second-order valence-electron chi connectivity index (χ2n) is 3.78. The third kappa shape index (κ3) is 1.71. The molecular weight excluding hydrogens is 216 g/mol. The quantitative estimate of drug-likeness (QED) is 0.713. The number of nitrogens with zero attached hydrogens (tertiary/aromatic N) is 3.